The molecule has 25 heavy (non-hydrogen) atoms. The molecule has 0 radical (unpaired) electrons. The van der Waals surface area contributed by atoms with Gasteiger partial charge in [-0.1, -0.05) is 48.5 Å². The molecule has 2 aromatic carbocycles. The van der Waals surface area contributed by atoms with Crippen molar-refractivity contribution in [1.29, 1.82) is 0 Å². The summed E-state index contributed by atoms with van der Waals surface area (Å²) in [6.45, 7) is 0. The van der Waals surface area contributed by atoms with Crippen molar-refractivity contribution in [1.82, 2.24) is 4.57 Å². The van der Waals surface area contributed by atoms with Gasteiger partial charge < -0.3 is 8.98 Å². The Labute approximate surface area is 147 Å². The van der Waals surface area contributed by atoms with Crippen molar-refractivity contribution in [2.75, 3.05) is 0 Å². The van der Waals surface area contributed by atoms with E-state index in [4.69, 9.17) is 4.42 Å². The number of rotatable bonds is 2. The minimum atomic E-state index is 0.419. The molecular formula is C23H21NO. The minimum Gasteiger partial charge on any atom is -0.461 e. The van der Waals surface area contributed by atoms with E-state index in [1.54, 1.807) is 0 Å². The Morgan fingerprint density at radius 3 is 2.60 bits per heavy atom. The van der Waals surface area contributed by atoms with E-state index >= 15 is 0 Å². The fourth-order valence-corrected chi connectivity index (χ4v) is 4.25. The molecule has 1 atom stereocenters. The van der Waals surface area contributed by atoms with Crippen molar-refractivity contribution in [3.05, 3.63) is 83.7 Å². The highest BCUT2D eigenvalue weighted by Crippen LogP contribution is 2.41. The molecule has 0 saturated carbocycles. The first-order valence-electron chi connectivity index (χ1n) is 9.03. The predicted octanol–water partition coefficient (Wildman–Crippen LogP) is 5.91. The summed E-state index contributed by atoms with van der Waals surface area (Å²) in [6.07, 6.45) is 3.41. The molecule has 0 N–H and O–H groups in total. The van der Waals surface area contributed by atoms with E-state index in [2.05, 4.69) is 72.3 Å². The van der Waals surface area contributed by atoms with Crippen LogP contribution in [-0.4, -0.2) is 4.57 Å². The Morgan fingerprint density at radius 2 is 1.76 bits per heavy atom. The minimum absolute atomic E-state index is 0.419. The molecule has 0 fully saturated rings. The van der Waals surface area contributed by atoms with Crippen LogP contribution in [0.25, 0.3) is 22.2 Å². The lowest BCUT2D eigenvalue weighted by molar-refractivity contribution is 0.468. The van der Waals surface area contributed by atoms with E-state index in [1.165, 1.54) is 40.8 Å². The van der Waals surface area contributed by atoms with E-state index in [0.29, 0.717) is 5.92 Å². The fourth-order valence-electron chi connectivity index (χ4n) is 4.25. The van der Waals surface area contributed by atoms with E-state index in [9.17, 15) is 0 Å². The van der Waals surface area contributed by atoms with Gasteiger partial charge in [0.25, 0.3) is 0 Å². The lowest BCUT2D eigenvalue weighted by Gasteiger charge is -2.22. The van der Waals surface area contributed by atoms with Crippen LogP contribution in [0.1, 0.15) is 35.8 Å². The number of furan rings is 1. The Kier molecular flexibility index (Phi) is 3.30. The molecule has 0 unspecified atom stereocenters. The number of hydrogen-bond donors (Lipinski definition) is 0. The van der Waals surface area contributed by atoms with Crippen LogP contribution in [0.5, 0.6) is 0 Å². The highest BCUT2D eigenvalue weighted by atomic mass is 16.3. The summed E-state index contributed by atoms with van der Waals surface area (Å²) in [6, 6.07) is 23.7. The second kappa shape index (κ2) is 5.66. The first kappa shape index (κ1) is 14.6. The molecule has 2 heterocycles. The summed E-state index contributed by atoms with van der Waals surface area (Å²) < 4.78 is 8.60. The van der Waals surface area contributed by atoms with Gasteiger partial charge in [0.15, 0.2) is 0 Å². The van der Waals surface area contributed by atoms with Gasteiger partial charge in [0.05, 0.1) is 0 Å². The van der Waals surface area contributed by atoms with E-state index in [0.717, 1.165) is 17.7 Å². The first-order valence-corrected chi connectivity index (χ1v) is 9.03. The van der Waals surface area contributed by atoms with Gasteiger partial charge in [-0.2, -0.15) is 0 Å². The Morgan fingerprint density at radius 1 is 0.960 bits per heavy atom. The number of para-hydroxylation sites is 1. The molecule has 2 aromatic heterocycles. The molecule has 0 aliphatic heterocycles. The molecule has 124 valence electrons. The van der Waals surface area contributed by atoms with Crippen molar-refractivity contribution in [3.8, 4) is 11.3 Å². The Hall–Kier alpha value is -2.74. The molecule has 5 rings (SSSR count). The molecule has 0 spiro atoms. The SMILES string of the molecule is Cn1c([C@H]2CCCc3oc(-c4ccccc4)cc32)cc2ccccc21. The zero-order valence-electron chi connectivity index (χ0n) is 14.4. The van der Waals surface area contributed by atoms with Crippen LogP contribution >= 0.6 is 0 Å². The molecule has 2 heteroatoms. The third kappa shape index (κ3) is 2.32. The van der Waals surface area contributed by atoms with Crippen LogP contribution in [-0.2, 0) is 13.5 Å². The Balaban J connectivity index is 1.63. The van der Waals surface area contributed by atoms with Crippen molar-refractivity contribution in [2.45, 2.75) is 25.2 Å². The second-order valence-electron chi connectivity index (χ2n) is 6.99. The third-order valence-electron chi connectivity index (χ3n) is 5.52. The number of hydrogen-bond acceptors (Lipinski definition) is 1. The number of nitrogens with zero attached hydrogens (tertiary/aromatic N) is 1. The topological polar surface area (TPSA) is 18.1 Å². The summed E-state index contributed by atoms with van der Waals surface area (Å²) in [5, 5.41) is 1.32. The second-order valence-corrected chi connectivity index (χ2v) is 6.99. The summed E-state index contributed by atoms with van der Waals surface area (Å²) in [4.78, 5) is 0. The van der Waals surface area contributed by atoms with Crippen LogP contribution in [0.4, 0.5) is 0 Å². The summed E-state index contributed by atoms with van der Waals surface area (Å²) in [5.41, 5.74) is 5.22. The zero-order valence-corrected chi connectivity index (χ0v) is 14.4. The maximum Gasteiger partial charge on any atom is 0.134 e. The molecule has 4 aromatic rings. The maximum atomic E-state index is 6.25. The molecule has 0 saturated heterocycles. The standard InChI is InChI=1S/C23H21NO/c1-24-20-12-6-5-10-17(20)14-21(24)18-11-7-13-22-19(18)15-23(25-22)16-8-3-2-4-9-16/h2-6,8-10,12,14-15,18H,7,11,13H2,1H3/t18-/m0/s1. The van der Waals surface area contributed by atoms with Gasteiger partial charge in [-0.25, -0.2) is 0 Å². The van der Waals surface area contributed by atoms with E-state index in [-0.39, 0.29) is 0 Å². The van der Waals surface area contributed by atoms with Gasteiger partial charge in [-0.05, 0) is 36.4 Å². The van der Waals surface area contributed by atoms with Gasteiger partial charge in [0, 0.05) is 41.7 Å². The van der Waals surface area contributed by atoms with Gasteiger partial charge >= 0.3 is 0 Å². The highest BCUT2D eigenvalue weighted by molar-refractivity contribution is 5.81. The average molecular weight is 327 g/mol. The monoisotopic (exact) mass is 327 g/mol. The fraction of sp³-hybridized carbons (Fsp3) is 0.217. The van der Waals surface area contributed by atoms with Crippen molar-refractivity contribution < 1.29 is 4.42 Å². The van der Waals surface area contributed by atoms with Crippen molar-refractivity contribution >= 4 is 10.9 Å². The molecule has 0 amide bonds. The number of aryl methyl sites for hydroxylation is 2. The third-order valence-corrected chi connectivity index (χ3v) is 5.52. The predicted molar refractivity (Wildman–Crippen MR) is 102 cm³/mol. The van der Waals surface area contributed by atoms with E-state index < -0.39 is 0 Å². The summed E-state index contributed by atoms with van der Waals surface area (Å²) in [5.74, 6) is 2.58. The van der Waals surface area contributed by atoms with Crippen LogP contribution in [0.15, 0.2) is 71.1 Å². The maximum absolute atomic E-state index is 6.25. The zero-order chi connectivity index (χ0) is 16.8. The number of benzene rings is 2. The van der Waals surface area contributed by atoms with Crippen LogP contribution < -0.4 is 0 Å². The Bertz CT molecular complexity index is 1040. The summed E-state index contributed by atoms with van der Waals surface area (Å²) >= 11 is 0. The summed E-state index contributed by atoms with van der Waals surface area (Å²) in [7, 11) is 2.18. The molecular weight excluding hydrogens is 306 g/mol. The van der Waals surface area contributed by atoms with Crippen molar-refractivity contribution in [2.24, 2.45) is 7.05 Å². The largest absolute Gasteiger partial charge is 0.461 e. The van der Waals surface area contributed by atoms with Gasteiger partial charge in [0.2, 0.25) is 0 Å². The van der Waals surface area contributed by atoms with Gasteiger partial charge in [-0.3, -0.25) is 0 Å². The molecule has 0 bridgehead atoms. The van der Waals surface area contributed by atoms with Gasteiger partial charge in [-0.15, -0.1) is 0 Å². The number of fused-ring (bicyclic) bond motifs is 2. The highest BCUT2D eigenvalue weighted by Gasteiger charge is 2.28. The van der Waals surface area contributed by atoms with E-state index in [1.807, 2.05) is 6.07 Å². The molecule has 2 nitrogen and oxygen atoms in total. The lowest BCUT2D eigenvalue weighted by atomic mass is 9.84. The smallest absolute Gasteiger partial charge is 0.134 e. The van der Waals surface area contributed by atoms with Crippen LogP contribution in [0.3, 0.4) is 0 Å². The van der Waals surface area contributed by atoms with Gasteiger partial charge in [0.1, 0.15) is 11.5 Å². The first-order chi connectivity index (χ1) is 12.3. The molecule has 1 aliphatic carbocycles. The van der Waals surface area contributed by atoms with Crippen LogP contribution in [0.2, 0.25) is 0 Å². The normalized spacial score (nSPS) is 16.9. The number of aromatic nitrogens is 1. The average Bonchev–Trinajstić information content (AvgIpc) is 3.24. The quantitative estimate of drug-likeness (QED) is 0.448. The van der Waals surface area contributed by atoms with Crippen LogP contribution in [0, 0.1) is 0 Å². The molecule has 1 aliphatic rings. The van der Waals surface area contributed by atoms with Crippen molar-refractivity contribution in [3.63, 3.8) is 0 Å². The lowest BCUT2D eigenvalue weighted by Crippen LogP contribution is -2.12.